The van der Waals surface area contributed by atoms with Crippen LogP contribution >= 0.6 is 0 Å². The van der Waals surface area contributed by atoms with Gasteiger partial charge in [-0.3, -0.25) is 9.59 Å². The van der Waals surface area contributed by atoms with E-state index >= 15 is 0 Å². The molecule has 8 heteroatoms. The van der Waals surface area contributed by atoms with Crippen LogP contribution in [0, 0.1) is 6.92 Å². The van der Waals surface area contributed by atoms with Gasteiger partial charge >= 0.3 is 6.09 Å². The summed E-state index contributed by atoms with van der Waals surface area (Å²) < 4.78 is 5.22. The third-order valence-electron chi connectivity index (χ3n) is 5.00. The standard InChI is InChI=1S/C26H35N3O5/c1-6-7-15-29(22(31)17-27-25(33)34-26(3,4)5)23(19-12-10-13-20(30)16-19)24(32)28-21-14-9-8-11-18(21)2/h8-14,16,23,30H,6-7,15,17H2,1-5H3,(H,27,33)(H,28,32). The Morgan fingerprint density at radius 1 is 1.09 bits per heavy atom. The summed E-state index contributed by atoms with van der Waals surface area (Å²) in [4.78, 5) is 40.3. The van der Waals surface area contributed by atoms with Gasteiger partial charge in [-0.25, -0.2) is 4.79 Å². The molecule has 3 N–H and O–H groups in total. The first-order valence-electron chi connectivity index (χ1n) is 11.4. The minimum atomic E-state index is -1.01. The molecule has 2 rings (SSSR count). The van der Waals surface area contributed by atoms with E-state index in [2.05, 4.69) is 10.6 Å². The summed E-state index contributed by atoms with van der Waals surface area (Å²) in [6, 6.07) is 12.6. The molecule has 0 saturated heterocycles. The Hall–Kier alpha value is -3.55. The van der Waals surface area contributed by atoms with Crippen molar-refractivity contribution in [1.82, 2.24) is 10.2 Å². The van der Waals surface area contributed by atoms with Gasteiger partial charge in [0, 0.05) is 12.2 Å². The zero-order valence-electron chi connectivity index (χ0n) is 20.6. The number of aryl methyl sites for hydroxylation is 1. The Kier molecular flexibility index (Phi) is 9.47. The lowest BCUT2D eigenvalue weighted by atomic mass is 10.0. The molecule has 8 nitrogen and oxygen atoms in total. The van der Waals surface area contributed by atoms with Crippen LogP contribution in [0.4, 0.5) is 10.5 Å². The molecule has 0 aromatic heterocycles. The quantitative estimate of drug-likeness (QED) is 0.500. The monoisotopic (exact) mass is 469 g/mol. The van der Waals surface area contributed by atoms with Crippen LogP contribution in [0.5, 0.6) is 5.75 Å². The third kappa shape index (κ3) is 8.10. The van der Waals surface area contributed by atoms with Gasteiger partial charge in [-0.1, -0.05) is 43.7 Å². The van der Waals surface area contributed by atoms with Crippen LogP contribution in [0.2, 0.25) is 0 Å². The average molecular weight is 470 g/mol. The van der Waals surface area contributed by atoms with Gasteiger partial charge in [0.05, 0.1) is 0 Å². The van der Waals surface area contributed by atoms with Gasteiger partial charge in [0.2, 0.25) is 5.91 Å². The van der Waals surface area contributed by atoms with Gasteiger partial charge in [-0.2, -0.15) is 0 Å². The lowest BCUT2D eigenvalue weighted by molar-refractivity contribution is -0.138. The number of ether oxygens (including phenoxy) is 1. The smallest absolute Gasteiger partial charge is 0.408 e. The molecule has 184 valence electrons. The summed E-state index contributed by atoms with van der Waals surface area (Å²) in [6.07, 6.45) is 0.746. The fourth-order valence-corrected chi connectivity index (χ4v) is 3.37. The number of alkyl carbamates (subject to hydrolysis) is 1. The van der Waals surface area contributed by atoms with Crippen molar-refractivity contribution in [3.05, 3.63) is 59.7 Å². The van der Waals surface area contributed by atoms with E-state index in [0.717, 1.165) is 12.0 Å². The number of rotatable bonds is 9. The number of aromatic hydroxyl groups is 1. The zero-order valence-corrected chi connectivity index (χ0v) is 20.6. The van der Waals surface area contributed by atoms with Crippen LogP contribution in [0.15, 0.2) is 48.5 Å². The van der Waals surface area contributed by atoms with E-state index in [1.807, 2.05) is 32.0 Å². The van der Waals surface area contributed by atoms with Crippen molar-refractivity contribution in [2.24, 2.45) is 0 Å². The summed E-state index contributed by atoms with van der Waals surface area (Å²) in [7, 11) is 0. The summed E-state index contributed by atoms with van der Waals surface area (Å²) in [5.41, 5.74) is 1.27. The van der Waals surface area contributed by atoms with Gasteiger partial charge in [-0.05, 0) is 63.4 Å². The molecule has 0 heterocycles. The van der Waals surface area contributed by atoms with Crippen LogP contribution in [-0.2, 0) is 14.3 Å². The fraction of sp³-hybridized carbons (Fsp3) is 0.423. The second-order valence-electron chi connectivity index (χ2n) is 9.10. The molecule has 0 fully saturated rings. The van der Waals surface area contributed by atoms with E-state index in [1.54, 1.807) is 39.0 Å². The number of carbonyl (C=O) groups is 3. The van der Waals surface area contributed by atoms with E-state index in [0.29, 0.717) is 24.2 Å². The number of phenols is 1. The van der Waals surface area contributed by atoms with Crippen molar-refractivity contribution >= 4 is 23.6 Å². The Labute approximate surface area is 201 Å². The highest BCUT2D eigenvalue weighted by Crippen LogP contribution is 2.27. The van der Waals surface area contributed by atoms with Gasteiger partial charge in [0.15, 0.2) is 0 Å². The highest BCUT2D eigenvalue weighted by Gasteiger charge is 2.32. The molecule has 1 unspecified atom stereocenters. The lowest BCUT2D eigenvalue weighted by Crippen LogP contribution is -2.47. The van der Waals surface area contributed by atoms with Crippen molar-refractivity contribution in [3.63, 3.8) is 0 Å². The van der Waals surface area contributed by atoms with Crippen LogP contribution in [-0.4, -0.2) is 46.6 Å². The minimum Gasteiger partial charge on any atom is -0.508 e. The second kappa shape index (κ2) is 12.1. The first-order valence-corrected chi connectivity index (χ1v) is 11.4. The maximum absolute atomic E-state index is 13.5. The number of amides is 3. The number of benzene rings is 2. The van der Waals surface area contributed by atoms with E-state index in [4.69, 9.17) is 4.74 Å². The van der Waals surface area contributed by atoms with E-state index in [9.17, 15) is 19.5 Å². The van der Waals surface area contributed by atoms with Crippen molar-refractivity contribution in [2.75, 3.05) is 18.4 Å². The van der Waals surface area contributed by atoms with Crippen molar-refractivity contribution in [3.8, 4) is 5.75 Å². The number of nitrogens with one attached hydrogen (secondary N) is 2. The summed E-state index contributed by atoms with van der Waals surface area (Å²) in [5, 5.41) is 15.4. The van der Waals surface area contributed by atoms with E-state index < -0.39 is 29.6 Å². The summed E-state index contributed by atoms with van der Waals surface area (Å²) >= 11 is 0. The Morgan fingerprint density at radius 2 is 1.79 bits per heavy atom. The molecule has 0 aliphatic heterocycles. The predicted octanol–water partition coefficient (Wildman–Crippen LogP) is 4.53. The Balaban J connectivity index is 2.35. The lowest BCUT2D eigenvalue weighted by Gasteiger charge is -2.32. The Morgan fingerprint density at radius 3 is 2.41 bits per heavy atom. The molecule has 0 saturated carbocycles. The highest BCUT2D eigenvalue weighted by molar-refractivity contribution is 5.98. The molecule has 2 aromatic carbocycles. The van der Waals surface area contributed by atoms with Gasteiger partial charge in [0.25, 0.3) is 5.91 Å². The van der Waals surface area contributed by atoms with Gasteiger partial charge in [-0.15, -0.1) is 0 Å². The van der Waals surface area contributed by atoms with Crippen LogP contribution in [0.25, 0.3) is 0 Å². The number of hydrogen-bond donors (Lipinski definition) is 3. The number of anilines is 1. The largest absolute Gasteiger partial charge is 0.508 e. The fourth-order valence-electron chi connectivity index (χ4n) is 3.37. The first kappa shape index (κ1) is 26.7. The van der Waals surface area contributed by atoms with Crippen molar-refractivity contribution in [1.29, 1.82) is 0 Å². The molecule has 34 heavy (non-hydrogen) atoms. The maximum atomic E-state index is 13.5. The third-order valence-corrected chi connectivity index (χ3v) is 5.00. The molecule has 2 aromatic rings. The first-order chi connectivity index (χ1) is 16.0. The zero-order chi connectivity index (χ0) is 25.3. The molecule has 0 aliphatic carbocycles. The minimum absolute atomic E-state index is 0.0130. The molecular weight excluding hydrogens is 434 g/mol. The Bertz CT molecular complexity index is 1000. The molecule has 0 spiro atoms. The number of unbranched alkanes of at least 4 members (excludes halogenated alkanes) is 1. The molecule has 3 amide bonds. The number of nitrogens with zero attached hydrogens (tertiary/aromatic N) is 1. The normalized spacial score (nSPS) is 11.9. The van der Waals surface area contributed by atoms with Crippen LogP contribution in [0.1, 0.15) is 57.7 Å². The van der Waals surface area contributed by atoms with Crippen LogP contribution < -0.4 is 10.6 Å². The highest BCUT2D eigenvalue weighted by atomic mass is 16.6. The predicted molar refractivity (Wildman–Crippen MR) is 132 cm³/mol. The maximum Gasteiger partial charge on any atom is 0.408 e. The average Bonchev–Trinajstić information content (AvgIpc) is 2.75. The van der Waals surface area contributed by atoms with Crippen molar-refractivity contribution in [2.45, 2.75) is 59.1 Å². The number of carbonyl (C=O) groups excluding carboxylic acids is 3. The molecule has 0 aliphatic rings. The number of phenolic OH excluding ortho intramolecular Hbond substituents is 1. The van der Waals surface area contributed by atoms with Crippen LogP contribution in [0.3, 0.4) is 0 Å². The summed E-state index contributed by atoms with van der Waals surface area (Å²) in [5.74, 6) is -0.866. The molecule has 0 bridgehead atoms. The van der Waals surface area contributed by atoms with Gasteiger partial charge in [0.1, 0.15) is 23.9 Å². The number of para-hydroxylation sites is 1. The number of hydrogen-bond acceptors (Lipinski definition) is 5. The second-order valence-corrected chi connectivity index (χ2v) is 9.10. The SMILES string of the molecule is CCCCN(C(=O)CNC(=O)OC(C)(C)C)C(C(=O)Nc1ccccc1C)c1cccc(O)c1. The molecule has 1 atom stereocenters. The molecular formula is C26H35N3O5. The topological polar surface area (TPSA) is 108 Å². The van der Waals surface area contributed by atoms with Gasteiger partial charge < -0.3 is 25.4 Å². The summed E-state index contributed by atoms with van der Waals surface area (Å²) in [6.45, 7) is 9.03. The molecule has 0 radical (unpaired) electrons. The van der Waals surface area contributed by atoms with Crippen molar-refractivity contribution < 1.29 is 24.2 Å². The van der Waals surface area contributed by atoms with E-state index in [1.165, 1.54) is 17.0 Å². The van der Waals surface area contributed by atoms with E-state index in [-0.39, 0.29) is 12.3 Å².